The molecule has 1 N–H and O–H groups in total. The van der Waals surface area contributed by atoms with Gasteiger partial charge >= 0.3 is 0 Å². The zero-order chi connectivity index (χ0) is 25.8. The van der Waals surface area contributed by atoms with Crippen LogP contribution in [0.3, 0.4) is 0 Å². The van der Waals surface area contributed by atoms with Crippen LogP contribution in [0.2, 0.25) is 0 Å². The second kappa shape index (κ2) is 8.89. The van der Waals surface area contributed by atoms with Crippen LogP contribution < -0.4 is 10.9 Å². The average molecular weight is 489 g/mol. The van der Waals surface area contributed by atoms with Crippen molar-refractivity contribution in [3.05, 3.63) is 58.1 Å². The summed E-state index contributed by atoms with van der Waals surface area (Å²) in [5.74, 6) is 1.10. The lowest BCUT2D eigenvalue weighted by Crippen LogP contribution is -2.33. The molecule has 9 heteroatoms. The molecule has 1 aliphatic carbocycles. The maximum atomic E-state index is 13.3. The van der Waals surface area contributed by atoms with E-state index in [9.17, 15) is 4.79 Å². The Hall–Kier alpha value is -3.46. The molecular formula is C27H36N8O. The summed E-state index contributed by atoms with van der Waals surface area (Å²) in [5.41, 5.74) is 3.95. The van der Waals surface area contributed by atoms with Gasteiger partial charge in [-0.25, -0.2) is 14.3 Å². The number of nitrogens with zero attached hydrogens (tertiary/aromatic N) is 7. The van der Waals surface area contributed by atoms with E-state index in [-0.39, 0.29) is 17.1 Å². The summed E-state index contributed by atoms with van der Waals surface area (Å²) in [5, 5.41) is 8.62. The molecule has 1 aromatic carbocycles. The number of nitrogens with one attached hydrogen (secondary N) is 1. The Morgan fingerprint density at radius 2 is 1.92 bits per heavy atom. The van der Waals surface area contributed by atoms with Gasteiger partial charge in [0.2, 0.25) is 5.95 Å². The smallest absolute Gasteiger partial charge is 0.278 e. The quantitative estimate of drug-likeness (QED) is 0.451. The first-order valence-corrected chi connectivity index (χ1v) is 12.6. The Labute approximate surface area is 211 Å². The molecule has 0 bridgehead atoms. The van der Waals surface area contributed by atoms with Crippen molar-refractivity contribution in [3.63, 3.8) is 0 Å². The minimum Gasteiger partial charge on any atom is -0.324 e. The molecule has 1 atom stereocenters. The molecule has 0 radical (unpaired) electrons. The molecule has 1 aliphatic rings. The molecular weight excluding hydrogens is 452 g/mol. The van der Waals surface area contributed by atoms with Crippen molar-refractivity contribution < 1.29 is 0 Å². The monoisotopic (exact) mass is 488 g/mol. The second-order valence-electron chi connectivity index (χ2n) is 11.2. The van der Waals surface area contributed by atoms with Gasteiger partial charge in [-0.05, 0) is 91.2 Å². The predicted molar refractivity (Wildman–Crippen MR) is 144 cm³/mol. The van der Waals surface area contributed by atoms with Crippen LogP contribution in [0.4, 0.5) is 11.6 Å². The number of likely N-dealkylation sites (N-methyl/N-ethyl adjacent to an activating group) is 1. The first-order chi connectivity index (χ1) is 17.0. The van der Waals surface area contributed by atoms with Crippen molar-refractivity contribution in [2.24, 2.45) is 0 Å². The lowest BCUT2D eigenvalue weighted by atomic mass is 9.87. The van der Waals surface area contributed by atoms with E-state index in [4.69, 9.17) is 10.1 Å². The van der Waals surface area contributed by atoms with E-state index < -0.39 is 0 Å². The summed E-state index contributed by atoms with van der Waals surface area (Å²) >= 11 is 0. The van der Waals surface area contributed by atoms with Crippen LogP contribution in [0.15, 0.2) is 41.5 Å². The van der Waals surface area contributed by atoms with E-state index in [0.29, 0.717) is 28.8 Å². The van der Waals surface area contributed by atoms with Gasteiger partial charge in [0.1, 0.15) is 5.39 Å². The van der Waals surface area contributed by atoms with Crippen LogP contribution in [-0.2, 0) is 18.4 Å². The van der Waals surface area contributed by atoms with Crippen LogP contribution in [-0.4, -0.2) is 54.1 Å². The number of fused-ring (bicyclic) bond motifs is 2. The summed E-state index contributed by atoms with van der Waals surface area (Å²) < 4.78 is 5.41. The number of benzene rings is 1. The summed E-state index contributed by atoms with van der Waals surface area (Å²) in [6, 6.07) is 8.89. The van der Waals surface area contributed by atoms with Crippen LogP contribution in [0.5, 0.6) is 0 Å². The number of rotatable bonds is 5. The second-order valence-corrected chi connectivity index (χ2v) is 11.2. The lowest BCUT2D eigenvalue weighted by molar-refractivity contribution is 0.268. The molecule has 0 fully saturated rings. The summed E-state index contributed by atoms with van der Waals surface area (Å²) in [4.78, 5) is 24.9. The molecule has 5 rings (SSSR count). The molecule has 36 heavy (non-hydrogen) atoms. The fourth-order valence-electron chi connectivity index (χ4n) is 4.93. The van der Waals surface area contributed by atoms with Crippen molar-refractivity contribution in [2.45, 2.75) is 71.5 Å². The minimum atomic E-state index is -0.177. The highest BCUT2D eigenvalue weighted by atomic mass is 16.1. The molecule has 190 valence electrons. The van der Waals surface area contributed by atoms with Crippen molar-refractivity contribution in [1.29, 1.82) is 0 Å². The first-order valence-electron chi connectivity index (χ1n) is 12.6. The molecule has 4 aromatic rings. The molecule has 3 aromatic heterocycles. The third-order valence-electron chi connectivity index (χ3n) is 6.99. The zero-order valence-corrected chi connectivity index (χ0v) is 22.3. The fraction of sp³-hybridized carbons (Fsp3) is 0.481. The summed E-state index contributed by atoms with van der Waals surface area (Å²) in [7, 11) is 4.29. The Balaban J connectivity index is 1.55. The molecule has 0 aliphatic heterocycles. The number of hydrogen-bond donors (Lipinski definition) is 1. The normalized spacial score (nSPS) is 16.2. The highest BCUT2D eigenvalue weighted by molar-refractivity contribution is 5.77. The fourth-order valence-corrected chi connectivity index (χ4v) is 4.93. The maximum absolute atomic E-state index is 13.3. The van der Waals surface area contributed by atoms with Crippen molar-refractivity contribution in [3.8, 4) is 5.82 Å². The van der Waals surface area contributed by atoms with Crippen molar-refractivity contribution >= 4 is 22.7 Å². The molecule has 0 saturated heterocycles. The van der Waals surface area contributed by atoms with Crippen molar-refractivity contribution in [2.75, 3.05) is 19.4 Å². The topological polar surface area (TPSA) is 85.8 Å². The minimum absolute atomic E-state index is 0.0758. The van der Waals surface area contributed by atoms with Gasteiger partial charge in [0.05, 0.1) is 5.54 Å². The zero-order valence-electron chi connectivity index (χ0n) is 22.3. The van der Waals surface area contributed by atoms with E-state index in [0.717, 1.165) is 18.5 Å². The van der Waals surface area contributed by atoms with Crippen LogP contribution >= 0.6 is 0 Å². The molecule has 3 heterocycles. The van der Waals surface area contributed by atoms with Gasteiger partial charge in [-0.2, -0.15) is 10.1 Å². The van der Waals surface area contributed by atoms with E-state index >= 15 is 0 Å². The van der Waals surface area contributed by atoms with Gasteiger partial charge in [0.15, 0.2) is 11.5 Å². The number of aryl methyl sites for hydroxylation is 1. The number of hydrogen-bond acceptors (Lipinski definition) is 6. The third kappa shape index (κ3) is 4.32. The molecule has 9 nitrogen and oxygen atoms in total. The van der Waals surface area contributed by atoms with E-state index in [1.165, 1.54) is 17.5 Å². The third-order valence-corrected chi connectivity index (χ3v) is 6.99. The number of anilines is 2. The van der Waals surface area contributed by atoms with Crippen LogP contribution in [0.25, 0.3) is 16.9 Å². The molecule has 0 spiro atoms. The Morgan fingerprint density at radius 3 is 2.58 bits per heavy atom. The molecule has 0 saturated carbocycles. The Bertz CT molecular complexity index is 1470. The van der Waals surface area contributed by atoms with Gasteiger partial charge in [-0.15, -0.1) is 0 Å². The molecule has 0 amide bonds. The van der Waals surface area contributed by atoms with E-state index in [1.54, 1.807) is 10.9 Å². The Morgan fingerprint density at radius 1 is 1.14 bits per heavy atom. The van der Waals surface area contributed by atoms with Crippen LogP contribution in [0.1, 0.15) is 58.2 Å². The van der Waals surface area contributed by atoms with Gasteiger partial charge in [-0.1, -0.05) is 6.07 Å². The van der Waals surface area contributed by atoms with Gasteiger partial charge < -0.3 is 10.2 Å². The van der Waals surface area contributed by atoms with Gasteiger partial charge in [-0.3, -0.25) is 9.48 Å². The SMILES string of the molecule is CC(C)n1c(=O)c2cnc(Nc3ccc4c(c3)CC(N(C)C)CC4)nc2n1-c1ccn(C(C)(C)C)n1. The molecule has 1 unspecified atom stereocenters. The predicted octanol–water partition coefficient (Wildman–Crippen LogP) is 4.28. The summed E-state index contributed by atoms with van der Waals surface area (Å²) in [6.07, 6.45) is 6.86. The maximum Gasteiger partial charge on any atom is 0.278 e. The largest absolute Gasteiger partial charge is 0.324 e. The average Bonchev–Trinajstić information content (AvgIpc) is 3.41. The van der Waals surface area contributed by atoms with E-state index in [1.807, 2.05) is 35.5 Å². The summed E-state index contributed by atoms with van der Waals surface area (Å²) in [6.45, 7) is 10.3. The van der Waals surface area contributed by atoms with Crippen LogP contribution in [0, 0.1) is 0 Å². The van der Waals surface area contributed by atoms with E-state index in [2.05, 4.69) is 68.3 Å². The highest BCUT2D eigenvalue weighted by Crippen LogP contribution is 2.28. The van der Waals surface area contributed by atoms with Crippen molar-refractivity contribution in [1.82, 2.24) is 34.0 Å². The first kappa shape index (κ1) is 24.2. The highest BCUT2D eigenvalue weighted by Gasteiger charge is 2.23. The Kier molecular flexibility index (Phi) is 5.98. The standard InChI is InChI=1S/C27H36N8O/c1-17(2)34-25(36)22-16-28-26(30-24(22)35(34)23-12-13-33(31-23)27(3,4)5)29-20-10-8-18-9-11-21(32(6)7)15-19(18)14-20/h8,10,12-14,16-17,21H,9,11,15H2,1-7H3,(H,28,29,30). The van der Waals surface area contributed by atoms with Gasteiger partial charge in [0.25, 0.3) is 5.56 Å². The lowest BCUT2D eigenvalue weighted by Gasteiger charge is -2.30. The van der Waals surface area contributed by atoms with Gasteiger partial charge in [0, 0.05) is 36.2 Å². The number of aromatic nitrogens is 6.